The van der Waals surface area contributed by atoms with Crippen LogP contribution in [-0.4, -0.2) is 61.0 Å². The molecule has 1 aromatic rings. The second-order valence-corrected chi connectivity index (χ2v) is 6.91. The van der Waals surface area contributed by atoms with E-state index in [-0.39, 0.29) is 17.5 Å². The number of nitro groups is 1. The molecule has 1 fully saturated rings. The minimum Gasteiger partial charge on any atom is -0.494 e. The van der Waals surface area contributed by atoms with E-state index in [9.17, 15) is 14.9 Å². The third-order valence-electron chi connectivity index (χ3n) is 3.72. The van der Waals surface area contributed by atoms with Gasteiger partial charge in [-0.2, -0.15) is 0 Å². The first-order chi connectivity index (χ1) is 12.2. The molecule has 0 spiro atoms. The standard InChI is InChI=1S/C17H25N3O6/c1-17(2,3)26-16(21)19-8-9-25-12(11-19)10-18-15-13(20(22)23)6-5-7-14(15)24-4/h5-7,12,18H,8-11H2,1-4H3/t12-/m1/s1. The molecule has 2 rings (SSSR count). The van der Waals surface area contributed by atoms with Gasteiger partial charge < -0.3 is 24.4 Å². The number of carbonyl (C=O) groups excluding carboxylic acids is 1. The highest BCUT2D eigenvalue weighted by molar-refractivity contribution is 5.70. The summed E-state index contributed by atoms with van der Waals surface area (Å²) in [5.74, 6) is 0.374. The summed E-state index contributed by atoms with van der Waals surface area (Å²) >= 11 is 0. The van der Waals surface area contributed by atoms with Crippen molar-refractivity contribution >= 4 is 17.5 Å². The van der Waals surface area contributed by atoms with Gasteiger partial charge in [0.25, 0.3) is 5.69 Å². The summed E-state index contributed by atoms with van der Waals surface area (Å²) in [6, 6.07) is 4.60. The fourth-order valence-electron chi connectivity index (χ4n) is 2.57. The van der Waals surface area contributed by atoms with Gasteiger partial charge in [0.1, 0.15) is 11.4 Å². The molecule has 1 atom stereocenters. The van der Waals surface area contributed by atoms with Crippen LogP contribution in [0.1, 0.15) is 20.8 Å². The number of carbonyl (C=O) groups is 1. The van der Waals surface area contributed by atoms with E-state index in [0.717, 1.165) is 0 Å². The van der Waals surface area contributed by atoms with Gasteiger partial charge in [0.05, 0.1) is 31.3 Å². The largest absolute Gasteiger partial charge is 0.494 e. The SMILES string of the molecule is COc1cccc([N+](=O)[O-])c1NC[C@@H]1CN(C(=O)OC(C)(C)C)CCO1. The summed E-state index contributed by atoms with van der Waals surface area (Å²) in [7, 11) is 1.45. The third-order valence-corrected chi connectivity index (χ3v) is 3.72. The number of hydrogen-bond acceptors (Lipinski definition) is 7. The molecule has 0 bridgehead atoms. The van der Waals surface area contributed by atoms with Crippen molar-refractivity contribution in [3.05, 3.63) is 28.3 Å². The molecule has 1 N–H and O–H groups in total. The molecule has 0 aromatic heterocycles. The molecule has 0 radical (unpaired) electrons. The van der Waals surface area contributed by atoms with Crippen molar-refractivity contribution in [1.29, 1.82) is 0 Å². The molecule has 9 heteroatoms. The number of methoxy groups -OCH3 is 1. The maximum Gasteiger partial charge on any atom is 0.410 e. The lowest BCUT2D eigenvalue weighted by molar-refractivity contribution is -0.384. The van der Waals surface area contributed by atoms with E-state index >= 15 is 0 Å². The number of anilines is 1. The number of rotatable bonds is 5. The van der Waals surface area contributed by atoms with Crippen molar-refractivity contribution in [1.82, 2.24) is 4.90 Å². The first-order valence-corrected chi connectivity index (χ1v) is 8.36. The molecule has 1 heterocycles. The minimum absolute atomic E-state index is 0.0795. The van der Waals surface area contributed by atoms with Gasteiger partial charge in [0.15, 0.2) is 5.69 Å². The molecular formula is C17H25N3O6. The van der Waals surface area contributed by atoms with E-state index in [1.165, 1.54) is 13.2 Å². The lowest BCUT2D eigenvalue weighted by Gasteiger charge is -2.34. The van der Waals surface area contributed by atoms with Crippen LogP contribution in [-0.2, 0) is 9.47 Å². The van der Waals surface area contributed by atoms with Gasteiger partial charge in [0, 0.05) is 19.2 Å². The van der Waals surface area contributed by atoms with Crippen LogP contribution >= 0.6 is 0 Å². The molecule has 1 aliphatic heterocycles. The number of hydrogen-bond donors (Lipinski definition) is 1. The number of nitrogens with zero attached hydrogens (tertiary/aromatic N) is 2. The molecule has 0 unspecified atom stereocenters. The molecule has 1 amide bonds. The molecular weight excluding hydrogens is 342 g/mol. The maximum atomic E-state index is 12.2. The number of benzene rings is 1. The first kappa shape index (κ1) is 19.8. The van der Waals surface area contributed by atoms with Crippen LogP contribution in [0.4, 0.5) is 16.2 Å². The highest BCUT2D eigenvalue weighted by atomic mass is 16.6. The van der Waals surface area contributed by atoms with Crippen LogP contribution in [0.3, 0.4) is 0 Å². The Morgan fingerprint density at radius 3 is 2.81 bits per heavy atom. The number of morpholine rings is 1. The van der Waals surface area contributed by atoms with Crippen LogP contribution in [0.15, 0.2) is 18.2 Å². The molecule has 9 nitrogen and oxygen atoms in total. The number of amides is 1. The topological polar surface area (TPSA) is 103 Å². The van der Waals surface area contributed by atoms with E-state index in [4.69, 9.17) is 14.2 Å². The van der Waals surface area contributed by atoms with Crippen molar-refractivity contribution in [2.75, 3.05) is 38.7 Å². The number of nitrogens with one attached hydrogen (secondary N) is 1. The molecule has 0 saturated carbocycles. The Bertz CT molecular complexity index is 658. The Morgan fingerprint density at radius 2 is 2.19 bits per heavy atom. The van der Waals surface area contributed by atoms with E-state index in [0.29, 0.717) is 32.0 Å². The summed E-state index contributed by atoms with van der Waals surface area (Å²) in [5, 5.41) is 14.2. The maximum absolute atomic E-state index is 12.2. The van der Waals surface area contributed by atoms with Crippen LogP contribution < -0.4 is 10.1 Å². The smallest absolute Gasteiger partial charge is 0.410 e. The summed E-state index contributed by atoms with van der Waals surface area (Å²) < 4.78 is 16.2. The van der Waals surface area contributed by atoms with Crippen molar-refractivity contribution in [2.24, 2.45) is 0 Å². The predicted molar refractivity (Wildman–Crippen MR) is 95.7 cm³/mol. The fourth-order valence-corrected chi connectivity index (χ4v) is 2.57. The highest BCUT2D eigenvalue weighted by Gasteiger charge is 2.29. The predicted octanol–water partition coefficient (Wildman–Crippen LogP) is 2.65. The van der Waals surface area contributed by atoms with Crippen LogP contribution in [0.25, 0.3) is 0 Å². The summed E-state index contributed by atoms with van der Waals surface area (Å²) in [5.41, 5.74) is -0.358. The Balaban J connectivity index is 2.02. The number of para-hydroxylation sites is 1. The van der Waals surface area contributed by atoms with Gasteiger partial charge in [-0.05, 0) is 26.8 Å². The van der Waals surface area contributed by atoms with E-state index in [2.05, 4.69) is 5.32 Å². The van der Waals surface area contributed by atoms with E-state index < -0.39 is 16.6 Å². The normalized spacial score (nSPS) is 17.5. The summed E-state index contributed by atoms with van der Waals surface area (Å²) in [6.07, 6.45) is -0.713. The zero-order valence-electron chi connectivity index (χ0n) is 15.5. The van der Waals surface area contributed by atoms with E-state index in [1.54, 1.807) is 17.0 Å². The quantitative estimate of drug-likeness (QED) is 0.630. The van der Waals surface area contributed by atoms with Gasteiger partial charge in [-0.15, -0.1) is 0 Å². The minimum atomic E-state index is -0.568. The lowest BCUT2D eigenvalue weighted by atomic mass is 10.2. The second-order valence-electron chi connectivity index (χ2n) is 6.91. The van der Waals surface area contributed by atoms with Crippen molar-refractivity contribution in [3.63, 3.8) is 0 Å². The molecule has 0 aliphatic carbocycles. The van der Waals surface area contributed by atoms with Gasteiger partial charge >= 0.3 is 6.09 Å². The second kappa shape index (κ2) is 8.22. The average Bonchev–Trinajstić information content (AvgIpc) is 2.58. The number of nitro benzene ring substituents is 1. The van der Waals surface area contributed by atoms with Gasteiger partial charge in [-0.3, -0.25) is 10.1 Å². The van der Waals surface area contributed by atoms with Gasteiger partial charge in [-0.25, -0.2) is 4.79 Å². The Kier molecular flexibility index (Phi) is 6.25. The summed E-state index contributed by atoms with van der Waals surface area (Å²) in [4.78, 5) is 24.5. The lowest BCUT2D eigenvalue weighted by Crippen LogP contribution is -2.49. The molecule has 1 saturated heterocycles. The van der Waals surface area contributed by atoms with Crippen LogP contribution in [0.2, 0.25) is 0 Å². The van der Waals surface area contributed by atoms with Crippen molar-refractivity contribution in [3.8, 4) is 5.75 Å². The molecule has 1 aromatic carbocycles. The van der Waals surface area contributed by atoms with Crippen LogP contribution in [0, 0.1) is 10.1 Å². The summed E-state index contributed by atoms with van der Waals surface area (Å²) in [6.45, 7) is 6.88. The Morgan fingerprint density at radius 1 is 1.46 bits per heavy atom. The zero-order valence-corrected chi connectivity index (χ0v) is 15.5. The van der Waals surface area contributed by atoms with Crippen molar-refractivity contribution < 1.29 is 23.9 Å². The molecule has 26 heavy (non-hydrogen) atoms. The zero-order chi connectivity index (χ0) is 19.3. The van der Waals surface area contributed by atoms with Crippen molar-refractivity contribution in [2.45, 2.75) is 32.5 Å². The van der Waals surface area contributed by atoms with Gasteiger partial charge in [0.2, 0.25) is 0 Å². The van der Waals surface area contributed by atoms with E-state index in [1.807, 2.05) is 20.8 Å². The highest BCUT2D eigenvalue weighted by Crippen LogP contribution is 2.34. The fraction of sp³-hybridized carbons (Fsp3) is 0.588. The molecule has 144 valence electrons. The monoisotopic (exact) mass is 367 g/mol. The average molecular weight is 367 g/mol. The Labute approximate surface area is 152 Å². The van der Waals surface area contributed by atoms with Gasteiger partial charge in [-0.1, -0.05) is 6.07 Å². The first-order valence-electron chi connectivity index (χ1n) is 8.36. The Hall–Kier alpha value is -2.55. The third kappa shape index (κ3) is 5.22. The number of ether oxygens (including phenoxy) is 3. The van der Waals surface area contributed by atoms with Crippen LogP contribution in [0.5, 0.6) is 5.75 Å². The molecule has 1 aliphatic rings.